The number of para-hydroxylation sites is 1. The third kappa shape index (κ3) is 4.80. The standard InChI is InChI=1S/C20H21FN2O5S/c1-14(19(24)22-18-10-3-2-9-17(18)21)28-20(25)15-7-6-8-16(13-15)29(26,27)23-11-4-5-12-23/h2-3,6-10,13-14H,4-5,11-12H2,1H3,(H,22,24)/t14-/m1/s1. The molecule has 0 radical (unpaired) electrons. The van der Waals surface area contributed by atoms with Gasteiger partial charge in [0.05, 0.1) is 16.1 Å². The van der Waals surface area contributed by atoms with Crippen LogP contribution in [0.5, 0.6) is 0 Å². The maximum Gasteiger partial charge on any atom is 0.338 e. The maximum absolute atomic E-state index is 13.6. The second-order valence-electron chi connectivity index (χ2n) is 6.66. The zero-order valence-electron chi connectivity index (χ0n) is 15.8. The molecule has 9 heteroatoms. The third-order valence-corrected chi connectivity index (χ3v) is 6.45. The minimum Gasteiger partial charge on any atom is -0.449 e. The van der Waals surface area contributed by atoms with Crippen LogP contribution in [0.15, 0.2) is 53.4 Å². The van der Waals surface area contributed by atoms with Gasteiger partial charge in [-0.1, -0.05) is 18.2 Å². The molecule has 0 spiro atoms. The van der Waals surface area contributed by atoms with E-state index in [1.165, 1.54) is 53.7 Å². The van der Waals surface area contributed by atoms with E-state index in [9.17, 15) is 22.4 Å². The second-order valence-corrected chi connectivity index (χ2v) is 8.59. The fourth-order valence-corrected chi connectivity index (χ4v) is 4.50. The first-order valence-corrected chi connectivity index (χ1v) is 10.6. The van der Waals surface area contributed by atoms with Crippen molar-refractivity contribution >= 4 is 27.6 Å². The van der Waals surface area contributed by atoms with Gasteiger partial charge in [-0.3, -0.25) is 4.79 Å². The highest BCUT2D eigenvalue weighted by Crippen LogP contribution is 2.22. The number of ether oxygens (including phenoxy) is 1. The summed E-state index contributed by atoms with van der Waals surface area (Å²) >= 11 is 0. The van der Waals surface area contributed by atoms with Crippen LogP contribution in [-0.2, 0) is 19.6 Å². The molecule has 0 saturated carbocycles. The number of hydrogen-bond acceptors (Lipinski definition) is 5. The van der Waals surface area contributed by atoms with E-state index in [1.807, 2.05) is 0 Å². The average molecular weight is 420 g/mol. The van der Waals surface area contributed by atoms with Crippen molar-refractivity contribution in [1.29, 1.82) is 0 Å². The summed E-state index contributed by atoms with van der Waals surface area (Å²) in [5, 5.41) is 2.35. The van der Waals surface area contributed by atoms with Crippen molar-refractivity contribution in [3.05, 3.63) is 59.9 Å². The number of carbonyl (C=O) groups is 2. The zero-order valence-corrected chi connectivity index (χ0v) is 16.6. The number of amides is 1. The van der Waals surface area contributed by atoms with Gasteiger partial charge in [-0.05, 0) is 50.1 Å². The number of sulfonamides is 1. The van der Waals surface area contributed by atoms with Crippen molar-refractivity contribution in [3.63, 3.8) is 0 Å². The highest BCUT2D eigenvalue weighted by atomic mass is 32.2. The van der Waals surface area contributed by atoms with E-state index in [0.29, 0.717) is 13.1 Å². The Kier molecular flexibility index (Phi) is 6.29. The van der Waals surface area contributed by atoms with Crippen molar-refractivity contribution < 1.29 is 27.1 Å². The predicted octanol–water partition coefficient (Wildman–Crippen LogP) is 2.79. The fourth-order valence-electron chi connectivity index (χ4n) is 2.94. The summed E-state index contributed by atoms with van der Waals surface area (Å²) < 4.78 is 45.4. The SMILES string of the molecule is C[C@@H](OC(=O)c1cccc(S(=O)(=O)N2CCCC2)c1)C(=O)Nc1ccccc1F. The van der Waals surface area contributed by atoms with Crippen LogP contribution in [0.3, 0.4) is 0 Å². The molecule has 154 valence electrons. The van der Waals surface area contributed by atoms with Gasteiger partial charge in [0.15, 0.2) is 6.10 Å². The van der Waals surface area contributed by atoms with Gasteiger partial charge in [-0.2, -0.15) is 4.31 Å². The van der Waals surface area contributed by atoms with Gasteiger partial charge in [0.2, 0.25) is 10.0 Å². The number of rotatable bonds is 6. The lowest BCUT2D eigenvalue weighted by Gasteiger charge is -2.16. The fraction of sp³-hybridized carbons (Fsp3) is 0.300. The third-order valence-electron chi connectivity index (χ3n) is 4.56. The van der Waals surface area contributed by atoms with Crippen molar-refractivity contribution in [3.8, 4) is 0 Å². The number of nitrogens with zero attached hydrogens (tertiary/aromatic N) is 1. The molecule has 2 aromatic carbocycles. The van der Waals surface area contributed by atoms with Gasteiger partial charge in [-0.25, -0.2) is 17.6 Å². The normalized spacial score (nSPS) is 15.7. The molecule has 29 heavy (non-hydrogen) atoms. The molecule has 0 aliphatic carbocycles. The highest BCUT2D eigenvalue weighted by molar-refractivity contribution is 7.89. The average Bonchev–Trinajstić information content (AvgIpc) is 3.25. The van der Waals surface area contributed by atoms with Crippen molar-refractivity contribution in [2.45, 2.75) is 30.8 Å². The van der Waals surface area contributed by atoms with Crippen LogP contribution in [0.1, 0.15) is 30.1 Å². The Balaban J connectivity index is 1.69. The number of esters is 1. The van der Waals surface area contributed by atoms with Gasteiger partial charge in [0.1, 0.15) is 5.82 Å². The first-order chi connectivity index (χ1) is 13.8. The molecule has 1 heterocycles. The Morgan fingerprint density at radius 3 is 2.48 bits per heavy atom. The number of nitrogens with one attached hydrogen (secondary N) is 1. The van der Waals surface area contributed by atoms with E-state index in [-0.39, 0.29) is 16.1 Å². The van der Waals surface area contributed by atoms with Crippen LogP contribution >= 0.6 is 0 Å². The summed E-state index contributed by atoms with van der Waals surface area (Å²) in [5.74, 6) is -2.16. The van der Waals surface area contributed by atoms with Gasteiger partial charge < -0.3 is 10.1 Å². The Bertz CT molecular complexity index is 1020. The molecule has 7 nitrogen and oxygen atoms in total. The lowest BCUT2D eigenvalue weighted by Crippen LogP contribution is -2.30. The van der Waals surface area contributed by atoms with E-state index >= 15 is 0 Å². The van der Waals surface area contributed by atoms with E-state index < -0.39 is 33.8 Å². The van der Waals surface area contributed by atoms with E-state index in [1.54, 1.807) is 6.07 Å². The summed E-state index contributed by atoms with van der Waals surface area (Å²) in [7, 11) is -3.68. The summed E-state index contributed by atoms with van der Waals surface area (Å²) in [6, 6.07) is 11.1. The van der Waals surface area contributed by atoms with Crippen LogP contribution < -0.4 is 5.32 Å². The lowest BCUT2D eigenvalue weighted by atomic mass is 10.2. The molecule has 2 aromatic rings. The number of carbonyl (C=O) groups excluding carboxylic acids is 2. The van der Waals surface area contributed by atoms with Crippen molar-refractivity contribution in [2.24, 2.45) is 0 Å². The molecule has 1 N–H and O–H groups in total. The Morgan fingerprint density at radius 2 is 1.79 bits per heavy atom. The summed E-state index contributed by atoms with van der Waals surface area (Å²) in [4.78, 5) is 24.6. The maximum atomic E-state index is 13.6. The molecule has 1 fully saturated rings. The largest absolute Gasteiger partial charge is 0.449 e. The van der Waals surface area contributed by atoms with E-state index in [0.717, 1.165) is 12.8 Å². The molecule has 1 atom stereocenters. The second kappa shape index (κ2) is 8.71. The Morgan fingerprint density at radius 1 is 1.10 bits per heavy atom. The molecular formula is C20H21FN2O5S. The molecule has 1 amide bonds. The minimum atomic E-state index is -3.68. The first-order valence-electron chi connectivity index (χ1n) is 9.15. The zero-order chi connectivity index (χ0) is 21.0. The minimum absolute atomic E-state index is 0.00249. The molecule has 0 unspecified atom stereocenters. The van der Waals surface area contributed by atoms with Crippen LogP contribution in [0.4, 0.5) is 10.1 Å². The Hall–Kier alpha value is -2.78. The van der Waals surface area contributed by atoms with Crippen LogP contribution in [0, 0.1) is 5.82 Å². The smallest absolute Gasteiger partial charge is 0.338 e. The van der Waals surface area contributed by atoms with Gasteiger partial charge in [0.25, 0.3) is 5.91 Å². The number of benzene rings is 2. The lowest BCUT2D eigenvalue weighted by molar-refractivity contribution is -0.123. The van der Waals surface area contributed by atoms with Crippen LogP contribution in [-0.4, -0.2) is 43.8 Å². The molecule has 0 aromatic heterocycles. The van der Waals surface area contributed by atoms with Crippen molar-refractivity contribution in [1.82, 2.24) is 4.31 Å². The van der Waals surface area contributed by atoms with Crippen molar-refractivity contribution in [2.75, 3.05) is 18.4 Å². The highest BCUT2D eigenvalue weighted by Gasteiger charge is 2.28. The van der Waals surface area contributed by atoms with Crippen LogP contribution in [0.2, 0.25) is 0 Å². The van der Waals surface area contributed by atoms with E-state index in [4.69, 9.17) is 4.74 Å². The molecular weight excluding hydrogens is 399 g/mol. The first kappa shape index (κ1) is 20.9. The summed E-state index contributed by atoms with van der Waals surface area (Å²) in [5.41, 5.74) is -0.0186. The predicted molar refractivity (Wildman–Crippen MR) is 104 cm³/mol. The van der Waals surface area contributed by atoms with E-state index in [2.05, 4.69) is 5.32 Å². The summed E-state index contributed by atoms with van der Waals surface area (Å²) in [6.07, 6.45) is 0.395. The molecule has 1 aliphatic heterocycles. The topological polar surface area (TPSA) is 92.8 Å². The molecule has 0 bridgehead atoms. The van der Waals surface area contributed by atoms with Gasteiger partial charge in [-0.15, -0.1) is 0 Å². The summed E-state index contributed by atoms with van der Waals surface area (Å²) in [6.45, 7) is 2.24. The van der Waals surface area contributed by atoms with Gasteiger partial charge >= 0.3 is 5.97 Å². The molecule has 3 rings (SSSR count). The number of hydrogen-bond donors (Lipinski definition) is 1. The molecule has 1 saturated heterocycles. The number of anilines is 1. The Labute approximate surface area is 168 Å². The monoisotopic (exact) mass is 420 g/mol. The van der Waals surface area contributed by atoms with Gasteiger partial charge in [0, 0.05) is 13.1 Å². The van der Waals surface area contributed by atoms with Crippen LogP contribution in [0.25, 0.3) is 0 Å². The quantitative estimate of drug-likeness (QED) is 0.726. The number of halogens is 1. The molecule has 1 aliphatic rings.